The van der Waals surface area contributed by atoms with Crippen LogP contribution in [0.1, 0.15) is 21.5 Å². The summed E-state index contributed by atoms with van der Waals surface area (Å²) in [6.07, 6.45) is 0. The first kappa shape index (κ1) is 14.1. The van der Waals surface area contributed by atoms with Crippen molar-refractivity contribution >= 4 is 11.7 Å². The van der Waals surface area contributed by atoms with Crippen molar-refractivity contribution in [3.05, 3.63) is 65.2 Å². The molecule has 0 saturated carbocycles. The van der Waals surface area contributed by atoms with Crippen LogP contribution in [0.5, 0.6) is 0 Å². The van der Waals surface area contributed by atoms with Crippen molar-refractivity contribution in [2.75, 3.05) is 12.8 Å². The zero-order valence-electron chi connectivity index (χ0n) is 11.4. The Morgan fingerprint density at radius 1 is 1.15 bits per heavy atom. The highest BCUT2D eigenvalue weighted by atomic mass is 16.4. The van der Waals surface area contributed by atoms with Gasteiger partial charge < -0.3 is 10.8 Å². The number of nitrogen functional groups attached to an aromatic ring is 1. The smallest absolute Gasteiger partial charge is 0.335 e. The van der Waals surface area contributed by atoms with Crippen LogP contribution in [0.4, 0.5) is 5.69 Å². The number of aromatic carboxylic acids is 1. The molecule has 0 aliphatic heterocycles. The van der Waals surface area contributed by atoms with Crippen LogP contribution in [0.25, 0.3) is 0 Å². The third kappa shape index (κ3) is 3.59. The van der Waals surface area contributed by atoms with Gasteiger partial charge in [-0.15, -0.1) is 0 Å². The molecule has 0 spiro atoms. The molecule has 0 amide bonds. The van der Waals surface area contributed by atoms with E-state index >= 15 is 0 Å². The first-order chi connectivity index (χ1) is 9.56. The summed E-state index contributed by atoms with van der Waals surface area (Å²) < 4.78 is 0. The Hall–Kier alpha value is -2.33. The summed E-state index contributed by atoms with van der Waals surface area (Å²) in [7, 11) is 2.01. The molecular weight excluding hydrogens is 252 g/mol. The molecule has 0 unspecified atom stereocenters. The van der Waals surface area contributed by atoms with Gasteiger partial charge in [-0.05, 0) is 30.3 Å². The molecule has 0 radical (unpaired) electrons. The lowest BCUT2D eigenvalue weighted by Gasteiger charge is -2.18. The second kappa shape index (κ2) is 6.21. The number of nitrogens with zero attached hydrogens (tertiary/aromatic N) is 1. The molecule has 0 aromatic heterocycles. The molecule has 3 N–H and O–H groups in total. The van der Waals surface area contributed by atoms with Crippen LogP contribution in [-0.2, 0) is 13.1 Å². The highest BCUT2D eigenvalue weighted by Gasteiger charge is 2.08. The maximum atomic E-state index is 10.9. The number of nitrogens with two attached hydrogens (primary N) is 1. The number of hydrogen-bond donors (Lipinski definition) is 2. The number of carboxylic acid groups (broad SMARTS) is 1. The largest absolute Gasteiger partial charge is 0.478 e. The zero-order valence-corrected chi connectivity index (χ0v) is 11.4. The standard InChI is InChI=1S/C16H18N2O2/c1-18(10-12-5-3-2-4-6-12)11-14-8-7-13(16(19)20)9-15(14)17/h2-9H,10-11,17H2,1H3,(H,19,20). The number of hydrogen-bond acceptors (Lipinski definition) is 3. The SMILES string of the molecule is CN(Cc1ccccc1)Cc1ccc(C(=O)O)cc1N. The molecule has 2 aromatic carbocycles. The summed E-state index contributed by atoms with van der Waals surface area (Å²) in [5.74, 6) is -0.958. The molecule has 0 bridgehead atoms. The van der Waals surface area contributed by atoms with Crippen LogP contribution >= 0.6 is 0 Å². The molecule has 104 valence electrons. The Morgan fingerprint density at radius 3 is 2.45 bits per heavy atom. The first-order valence-electron chi connectivity index (χ1n) is 6.40. The average molecular weight is 270 g/mol. The van der Waals surface area contributed by atoms with Crippen LogP contribution in [0.3, 0.4) is 0 Å². The van der Waals surface area contributed by atoms with Crippen molar-refractivity contribution in [2.24, 2.45) is 0 Å². The molecular formula is C16H18N2O2. The van der Waals surface area contributed by atoms with Crippen molar-refractivity contribution < 1.29 is 9.90 Å². The summed E-state index contributed by atoms with van der Waals surface area (Å²) in [4.78, 5) is 13.0. The average Bonchev–Trinajstić information content (AvgIpc) is 2.42. The molecule has 4 nitrogen and oxygen atoms in total. The van der Waals surface area contributed by atoms with Gasteiger partial charge in [-0.2, -0.15) is 0 Å². The molecule has 4 heteroatoms. The fourth-order valence-electron chi connectivity index (χ4n) is 2.11. The normalized spacial score (nSPS) is 10.7. The van der Waals surface area contributed by atoms with Gasteiger partial charge in [-0.25, -0.2) is 4.79 Å². The van der Waals surface area contributed by atoms with E-state index in [-0.39, 0.29) is 5.56 Å². The van der Waals surface area contributed by atoms with Crippen LogP contribution in [-0.4, -0.2) is 23.0 Å². The molecule has 0 atom stereocenters. The van der Waals surface area contributed by atoms with E-state index in [1.165, 1.54) is 11.6 Å². The van der Waals surface area contributed by atoms with Gasteiger partial charge in [0.15, 0.2) is 0 Å². The zero-order chi connectivity index (χ0) is 14.5. The molecule has 0 fully saturated rings. The van der Waals surface area contributed by atoms with Gasteiger partial charge in [0.05, 0.1) is 5.56 Å². The predicted octanol–water partition coefficient (Wildman–Crippen LogP) is 2.60. The van der Waals surface area contributed by atoms with Gasteiger partial charge in [0, 0.05) is 18.8 Å². The number of anilines is 1. The molecule has 2 rings (SSSR count). The fourth-order valence-corrected chi connectivity index (χ4v) is 2.11. The van der Waals surface area contributed by atoms with E-state index in [0.29, 0.717) is 12.2 Å². The predicted molar refractivity (Wildman–Crippen MR) is 79.4 cm³/mol. The van der Waals surface area contributed by atoms with E-state index in [2.05, 4.69) is 17.0 Å². The van der Waals surface area contributed by atoms with Crippen LogP contribution in [0.15, 0.2) is 48.5 Å². The van der Waals surface area contributed by atoms with Crippen LogP contribution in [0.2, 0.25) is 0 Å². The Balaban J connectivity index is 2.04. The van der Waals surface area contributed by atoms with E-state index in [0.717, 1.165) is 12.1 Å². The minimum Gasteiger partial charge on any atom is -0.478 e. The van der Waals surface area contributed by atoms with Crippen molar-refractivity contribution in [1.29, 1.82) is 0 Å². The quantitative estimate of drug-likeness (QED) is 0.820. The maximum absolute atomic E-state index is 10.9. The van der Waals surface area contributed by atoms with Gasteiger partial charge in [0.25, 0.3) is 0 Å². The summed E-state index contributed by atoms with van der Waals surface area (Å²) in [5, 5.41) is 8.91. The molecule has 0 saturated heterocycles. The third-order valence-electron chi connectivity index (χ3n) is 3.13. The van der Waals surface area contributed by atoms with E-state index in [9.17, 15) is 4.79 Å². The van der Waals surface area contributed by atoms with Gasteiger partial charge in [0.1, 0.15) is 0 Å². The minimum atomic E-state index is -0.958. The summed E-state index contributed by atoms with van der Waals surface area (Å²) >= 11 is 0. The lowest BCUT2D eigenvalue weighted by Crippen LogP contribution is -2.18. The number of carboxylic acids is 1. The fraction of sp³-hybridized carbons (Fsp3) is 0.188. The van der Waals surface area contributed by atoms with Gasteiger partial charge in [-0.3, -0.25) is 4.90 Å². The summed E-state index contributed by atoms with van der Waals surface area (Å²) in [6, 6.07) is 15.0. The Kier molecular flexibility index (Phi) is 4.38. The lowest BCUT2D eigenvalue weighted by molar-refractivity contribution is 0.0697. The second-order valence-corrected chi connectivity index (χ2v) is 4.88. The third-order valence-corrected chi connectivity index (χ3v) is 3.13. The van der Waals surface area contributed by atoms with Crippen molar-refractivity contribution in [3.63, 3.8) is 0 Å². The molecule has 2 aromatic rings. The number of benzene rings is 2. The van der Waals surface area contributed by atoms with E-state index in [1.54, 1.807) is 12.1 Å². The Labute approximate surface area is 118 Å². The molecule has 20 heavy (non-hydrogen) atoms. The highest BCUT2D eigenvalue weighted by Crippen LogP contribution is 2.17. The van der Waals surface area contributed by atoms with Crippen LogP contribution < -0.4 is 5.73 Å². The van der Waals surface area contributed by atoms with Crippen molar-refractivity contribution in [1.82, 2.24) is 4.90 Å². The highest BCUT2D eigenvalue weighted by molar-refractivity contribution is 5.88. The Bertz CT molecular complexity index is 597. The second-order valence-electron chi connectivity index (χ2n) is 4.88. The van der Waals surface area contributed by atoms with Gasteiger partial charge in [-0.1, -0.05) is 36.4 Å². The molecule has 0 aliphatic carbocycles. The van der Waals surface area contributed by atoms with E-state index < -0.39 is 5.97 Å². The summed E-state index contributed by atoms with van der Waals surface area (Å²) in [5.41, 5.74) is 8.82. The Morgan fingerprint density at radius 2 is 1.85 bits per heavy atom. The first-order valence-corrected chi connectivity index (χ1v) is 6.40. The summed E-state index contributed by atoms with van der Waals surface area (Å²) in [6.45, 7) is 1.50. The topological polar surface area (TPSA) is 66.6 Å². The lowest BCUT2D eigenvalue weighted by atomic mass is 10.1. The van der Waals surface area contributed by atoms with Crippen molar-refractivity contribution in [2.45, 2.75) is 13.1 Å². The van der Waals surface area contributed by atoms with E-state index in [1.807, 2.05) is 25.2 Å². The molecule has 0 aliphatic rings. The monoisotopic (exact) mass is 270 g/mol. The maximum Gasteiger partial charge on any atom is 0.335 e. The van der Waals surface area contributed by atoms with Gasteiger partial charge >= 0.3 is 5.97 Å². The number of carbonyl (C=O) groups is 1. The molecule has 0 heterocycles. The minimum absolute atomic E-state index is 0.219. The number of rotatable bonds is 5. The van der Waals surface area contributed by atoms with Gasteiger partial charge in [0.2, 0.25) is 0 Å². The van der Waals surface area contributed by atoms with E-state index in [4.69, 9.17) is 10.8 Å². The van der Waals surface area contributed by atoms with Crippen LogP contribution in [0, 0.1) is 0 Å². The van der Waals surface area contributed by atoms with Crippen molar-refractivity contribution in [3.8, 4) is 0 Å².